The Bertz CT molecular complexity index is 2970. The maximum Gasteiger partial charge on any atom is 0.136 e. The van der Waals surface area contributed by atoms with Gasteiger partial charge < -0.3 is 13.4 Å². The van der Waals surface area contributed by atoms with Crippen molar-refractivity contribution in [2.75, 3.05) is 0 Å². The lowest BCUT2D eigenvalue weighted by atomic mass is 9.86. The van der Waals surface area contributed by atoms with Gasteiger partial charge in [-0.15, -0.1) is 0 Å². The number of nitrogens with zero attached hydrogens (tertiary/aromatic N) is 1. The van der Waals surface area contributed by atoms with Gasteiger partial charge in [-0.05, 0) is 112 Å². The molecule has 1 aliphatic carbocycles. The Kier molecular flexibility index (Phi) is 5.49. The van der Waals surface area contributed by atoms with Gasteiger partial charge in [-0.3, -0.25) is 0 Å². The molecule has 0 fully saturated rings. The van der Waals surface area contributed by atoms with Crippen molar-refractivity contribution < 1.29 is 8.83 Å². The molecule has 3 nitrogen and oxygen atoms in total. The Morgan fingerprint density at radius 3 is 1.90 bits per heavy atom. The minimum atomic E-state index is 0.590. The van der Waals surface area contributed by atoms with Crippen molar-refractivity contribution in [2.24, 2.45) is 5.92 Å². The number of hydrogen-bond donors (Lipinski definition) is 0. The largest absolute Gasteiger partial charge is 0.456 e. The molecule has 232 valence electrons. The van der Waals surface area contributed by atoms with Gasteiger partial charge in [0, 0.05) is 38.0 Å². The van der Waals surface area contributed by atoms with Crippen LogP contribution >= 0.6 is 0 Å². The number of para-hydroxylation sites is 2. The topological polar surface area (TPSA) is 31.2 Å². The number of aromatic nitrogens is 1. The molecular weight excluding hydrogens is 599 g/mol. The number of benzene rings is 7. The van der Waals surface area contributed by atoms with Crippen LogP contribution in [0.15, 0.2) is 142 Å². The molecule has 0 N–H and O–H groups in total. The second kappa shape index (κ2) is 9.98. The molecular formula is C46H31NO2. The summed E-state index contributed by atoms with van der Waals surface area (Å²) in [4.78, 5) is 0. The molecule has 0 bridgehead atoms. The third-order valence-corrected chi connectivity index (χ3v) is 10.8. The summed E-state index contributed by atoms with van der Waals surface area (Å²) in [6, 6.07) is 46.0. The van der Waals surface area contributed by atoms with Crippen LogP contribution in [0.2, 0.25) is 0 Å². The Hall–Kier alpha value is -6.06. The highest BCUT2D eigenvalue weighted by atomic mass is 16.3. The second-order valence-electron chi connectivity index (χ2n) is 13.8. The van der Waals surface area contributed by atoms with Crippen LogP contribution in [0.1, 0.15) is 24.5 Å². The molecule has 0 amide bonds. The van der Waals surface area contributed by atoms with Gasteiger partial charge in [-0.2, -0.15) is 0 Å². The van der Waals surface area contributed by atoms with E-state index in [4.69, 9.17) is 8.83 Å². The van der Waals surface area contributed by atoms with E-state index >= 15 is 0 Å². The average Bonchev–Trinajstić information content (AvgIpc) is 3.74. The van der Waals surface area contributed by atoms with E-state index in [1.807, 2.05) is 0 Å². The normalized spacial score (nSPS) is 15.0. The first-order chi connectivity index (χ1) is 24.2. The molecule has 1 aliphatic rings. The minimum Gasteiger partial charge on any atom is -0.456 e. The zero-order valence-corrected chi connectivity index (χ0v) is 27.0. The van der Waals surface area contributed by atoms with Crippen LogP contribution in [0.4, 0.5) is 0 Å². The van der Waals surface area contributed by atoms with Gasteiger partial charge >= 0.3 is 0 Å². The number of hydrogen-bond acceptors (Lipinski definition) is 2. The lowest BCUT2D eigenvalue weighted by molar-refractivity contribution is 0.595. The van der Waals surface area contributed by atoms with Crippen molar-refractivity contribution in [1.82, 2.24) is 4.57 Å². The van der Waals surface area contributed by atoms with Crippen molar-refractivity contribution in [3.05, 3.63) is 145 Å². The van der Waals surface area contributed by atoms with Crippen molar-refractivity contribution >= 4 is 82.5 Å². The molecule has 11 rings (SSSR count). The van der Waals surface area contributed by atoms with Gasteiger partial charge in [0.15, 0.2) is 0 Å². The molecule has 3 aromatic heterocycles. The van der Waals surface area contributed by atoms with Crippen LogP contribution in [-0.2, 0) is 6.42 Å². The Morgan fingerprint density at radius 2 is 1.16 bits per heavy atom. The highest BCUT2D eigenvalue weighted by Gasteiger charge is 2.20. The zero-order chi connectivity index (χ0) is 32.2. The van der Waals surface area contributed by atoms with Crippen LogP contribution in [0.5, 0.6) is 0 Å². The molecule has 10 aromatic rings. The number of rotatable bonds is 2. The molecule has 1 unspecified atom stereocenters. The van der Waals surface area contributed by atoms with E-state index in [0.717, 1.165) is 62.4 Å². The van der Waals surface area contributed by atoms with E-state index in [0.29, 0.717) is 5.92 Å². The Morgan fingerprint density at radius 1 is 0.551 bits per heavy atom. The molecule has 0 aliphatic heterocycles. The first-order valence-electron chi connectivity index (χ1n) is 17.2. The summed E-state index contributed by atoms with van der Waals surface area (Å²) in [7, 11) is 0. The van der Waals surface area contributed by atoms with Gasteiger partial charge in [-0.25, -0.2) is 0 Å². The van der Waals surface area contributed by atoms with Gasteiger partial charge in [0.25, 0.3) is 0 Å². The maximum atomic E-state index is 6.55. The summed E-state index contributed by atoms with van der Waals surface area (Å²) < 4.78 is 15.4. The van der Waals surface area contributed by atoms with Crippen molar-refractivity contribution in [3.8, 4) is 16.8 Å². The molecule has 0 spiro atoms. The molecule has 49 heavy (non-hydrogen) atoms. The molecule has 3 heteroatoms. The summed E-state index contributed by atoms with van der Waals surface area (Å²) in [5.41, 5.74) is 12.3. The zero-order valence-electron chi connectivity index (χ0n) is 27.0. The summed E-state index contributed by atoms with van der Waals surface area (Å²) in [5, 5.41) is 9.44. The first kappa shape index (κ1) is 26.9. The predicted molar refractivity (Wildman–Crippen MR) is 205 cm³/mol. The monoisotopic (exact) mass is 629 g/mol. The highest BCUT2D eigenvalue weighted by molar-refractivity contribution is 6.16. The lowest BCUT2D eigenvalue weighted by Gasteiger charge is -2.17. The summed E-state index contributed by atoms with van der Waals surface area (Å²) >= 11 is 0. The Balaban J connectivity index is 1.10. The summed E-state index contributed by atoms with van der Waals surface area (Å²) in [6.45, 7) is 2.36. The van der Waals surface area contributed by atoms with Gasteiger partial charge in [0.1, 0.15) is 22.3 Å². The summed E-state index contributed by atoms with van der Waals surface area (Å²) in [6.07, 6.45) is 6.86. The number of furan rings is 2. The van der Waals surface area contributed by atoms with Crippen molar-refractivity contribution in [3.63, 3.8) is 0 Å². The van der Waals surface area contributed by atoms with E-state index in [1.54, 1.807) is 0 Å². The minimum absolute atomic E-state index is 0.590. The van der Waals surface area contributed by atoms with Crippen LogP contribution < -0.4 is 0 Å². The summed E-state index contributed by atoms with van der Waals surface area (Å²) in [5.74, 6) is 0.590. The fourth-order valence-electron chi connectivity index (χ4n) is 8.48. The lowest BCUT2D eigenvalue weighted by Crippen LogP contribution is -2.01. The SMILES string of the molecule is CC1CC=Cc2c(c(-c3ccc4oc5cc6c(cc5c4c3)oc3ccc(-n4c5ccccc5c5ccccc54)cc36)cc3ccccc23)C1. The molecule has 1 atom stereocenters. The van der Waals surface area contributed by atoms with Gasteiger partial charge in [-0.1, -0.05) is 85.8 Å². The molecule has 0 saturated heterocycles. The van der Waals surface area contributed by atoms with Crippen LogP contribution in [-0.4, -0.2) is 4.57 Å². The van der Waals surface area contributed by atoms with Crippen molar-refractivity contribution in [2.45, 2.75) is 19.8 Å². The van der Waals surface area contributed by atoms with E-state index in [1.165, 1.54) is 54.8 Å². The predicted octanol–water partition coefficient (Wildman–Crippen LogP) is 13.0. The van der Waals surface area contributed by atoms with E-state index in [2.05, 4.69) is 151 Å². The van der Waals surface area contributed by atoms with E-state index < -0.39 is 0 Å². The number of allylic oxidation sites excluding steroid dienone is 1. The smallest absolute Gasteiger partial charge is 0.136 e. The molecule has 0 saturated carbocycles. The van der Waals surface area contributed by atoms with E-state index in [-0.39, 0.29) is 0 Å². The maximum absolute atomic E-state index is 6.55. The third kappa shape index (κ3) is 3.90. The molecule has 0 radical (unpaired) electrons. The average molecular weight is 630 g/mol. The van der Waals surface area contributed by atoms with Gasteiger partial charge in [0.05, 0.1) is 11.0 Å². The quantitative estimate of drug-likeness (QED) is 0.190. The molecule has 3 heterocycles. The second-order valence-corrected chi connectivity index (χ2v) is 13.8. The van der Waals surface area contributed by atoms with E-state index in [9.17, 15) is 0 Å². The van der Waals surface area contributed by atoms with Crippen LogP contribution in [0.25, 0.3) is 99.3 Å². The fraction of sp³-hybridized carbons (Fsp3) is 0.0870. The Labute approximate surface area is 282 Å². The first-order valence-corrected chi connectivity index (χ1v) is 17.2. The van der Waals surface area contributed by atoms with Crippen LogP contribution in [0, 0.1) is 5.92 Å². The third-order valence-electron chi connectivity index (χ3n) is 10.8. The highest BCUT2D eigenvalue weighted by Crippen LogP contribution is 2.42. The molecule has 7 aromatic carbocycles. The van der Waals surface area contributed by atoms with Crippen LogP contribution in [0.3, 0.4) is 0 Å². The number of fused-ring (bicyclic) bond motifs is 12. The standard InChI is InChI=1S/C46H31NO2/c1-27-9-8-14-32-31-11-3-2-10-28(31)22-35(36(32)21-27)29-17-19-43-37(23-29)39-25-46-40(26-45(39)48-43)38-24-30(18-20-44(38)49-46)47-41-15-6-4-12-33(41)34-13-5-7-16-42(34)47/h2-8,10-20,22-27H,9,21H2,1H3. The van der Waals surface area contributed by atoms with Gasteiger partial charge in [0.2, 0.25) is 0 Å². The fourth-order valence-corrected chi connectivity index (χ4v) is 8.48. The van der Waals surface area contributed by atoms with Crippen molar-refractivity contribution in [1.29, 1.82) is 0 Å².